The molecule has 0 saturated carbocycles. The number of carbonyl (C=O) groups excluding carboxylic acids is 1. The summed E-state index contributed by atoms with van der Waals surface area (Å²) in [5.74, 6) is -0.496. The number of imidazole rings is 1. The molecule has 1 aliphatic heterocycles. The normalized spacial score (nSPS) is 16.9. The van der Waals surface area contributed by atoms with Crippen molar-refractivity contribution in [1.29, 1.82) is 0 Å². The van der Waals surface area contributed by atoms with Gasteiger partial charge in [-0.05, 0) is 32.0 Å². The van der Waals surface area contributed by atoms with E-state index in [1.807, 2.05) is 30.5 Å². The van der Waals surface area contributed by atoms with Crippen LogP contribution < -0.4 is 0 Å². The van der Waals surface area contributed by atoms with Gasteiger partial charge in [-0.25, -0.2) is 18.9 Å². The van der Waals surface area contributed by atoms with E-state index in [1.54, 1.807) is 15.7 Å². The fourth-order valence-electron chi connectivity index (χ4n) is 3.68. The number of pyridine rings is 1. The standard InChI is InChI=1S/C20H19FN6O2/c1-20(2,21)19-22-10-15(29-19)18(28)26-8-6-13-16(24-11-23-13)17(26)14-9-12-5-3-4-7-27(12)25-14/h3-5,7,9-11,17H,6,8H2,1-2H3,(H,23,24). The van der Waals surface area contributed by atoms with Gasteiger partial charge in [-0.15, -0.1) is 0 Å². The smallest absolute Gasteiger partial charge is 0.292 e. The lowest BCUT2D eigenvalue weighted by atomic mass is 9.99. The Morgan fingerprint density at radius 3 is 2.97 bits per heavy atom. The number of alkyl halides is 1. The van der Waals surface area contributed by atoms with Crippen LogP contribution in [0.5, 0.6) is 0 Å². The Balaban J connectivity index is 1.57. The molecule has 5 rings (SSSR count). The molecule has 1 amide bonds. The number of amides is 1. The molecule has 148 valence electrons. The van der Waals surface area contributed by atoms with E-state index in [0.717, 1.165) is 16.9 Å². The van der Waals surface area contributed by atoms with Crippen molar-refractivity contribution >= 4 is 11.4 Å². The first-order valence-electron chi connectivity index (χ1n) is 9.34. The van der Waals surface area contributed by atoms with Crippen LogP contribution in [0.4, 0.5) is 4.39 Å². The quantitative estimate of drug-likeness (QED) is 0.577. The van der Waals surface area contributed by atoms with Crippen molar-refractivity contribution in [3.63, 3.8) is 0 Å². The topological polar surface area (TPSA) is 92.3 Å². The SMILES string of the molecule is CC(C)(F)c1ncc(C(=O)N2CCc3[nH]cnc3C2c2cc3ccccn3n2)o1. The second-order valence-electron chi connectivity index (χ2n) is 7.56. The summed E-state index contributed by atoms with van der Waals surface area (Å²) in [5.41, 5.74) is 1.57. The maximum Gasteiger partial charge on any atom is 0.292 e. The van der Waals surface area contributed by atoms with Gasteiger partial charge >= 0.3 is 0 Å². The average molecular weight is 394 g/mol. The highest BCUT2D eigenvalue weighted by molar-refractivity contribution is 5.92. The lowest BCUT2D eigenvalue weighted by Gasteiger charge is -2.33. The minimum atomic E-state index is -1.77. The lowest BCUT2D eigenvalue weighted by molar-refractivity contribution is 0.0643. The van der Waals surface area contributed by atoms with E-state index in [2.05, 4.69) is 20.1 Å². The van der Waals surface area contributed by atoms with Crippen LogP contribution in [0, 0.1) is 0 Å². The molecule has 1 unspecified atom stereocenters. The zero-order chi connectivity index (χ0) is 20.2. The molecule has 0 aromatic carbocycles. The summed E-state index contributed by atoms with van der Waals surface area (Å²) >= 11 is 0. The van der Waals surface area contributed by atoms with E-state index in [9.17, 15) is 9.18 Å². The summed E-state index contributed by atoms with van der Waals surface area (Å²) in [6.45, 7) is 3.12. The van der Waals surface area contributed by atoms with Gasteiger partial charge in [0.25, 0.3) is 5.91 Å². The van der Waals surface area contributed by atoms with Gasteiger partial charge in [0.05, 0.1) is 29.4 Å². The van der Waals surface area contributed by atoms with Crippen molar-refractivity contribution in [2.45, 2.75) is 32.0 Å². The van der Waals surface area contributed by atoms with Gasteiger partial charge < -0.3 is 14.3 Å². The third kappa shape index (κ3) is 2.89. The van der Waals surface area contributed by atoms with E-state index in [4.69, 9.17) is 4.42 Å². The fourth-order valence-corrected chi connectivity index (χ4v) is 3.68. The van der Waals surface area contributed by atoms with E-state index < -0.39 is 11.7 Å². The van der Waals surface area contributed by atoms with E-state index in [1.165, 1.54) is 20.0 Å². The maximum absolute atomic E-state index is 14.1. The first kappa shape index (κ1) is 17.6. The molecular weight excluding hydrogens is 375 g/mol. The Morgan fingerprint density at radius 1 is 1.34 bits per heavy atom. The summed E-state index contributed by atoms with van der Waals surface area (Å²) in [7, 11) is 0. The molecule has 8 nitrogen and oxygen atoms in total. The Kier molecular flexibility index (Phi) is 3.80. The maximum atomic E-state index is 14.1. The predicted octanol–water partition coefficient (Wildman–Crippen LogP) is 3.04. The van der Waals surface area contributed by atoms with Crippen LogP contribution in [0.15, 0.2) is 47.4 Å². The molecule has 0 bridgehead atoms. The zero-order valence-electron chi connectivity index (χ0n) is 16.0. The monoisotopic (exact) mass is 394 g/mol. The van der Waals surface area contributed by atoms with Crippen LogP contribution in [0.3, 0.4) is 0 Å². The summed E-state index contributed by atoms with van der Waals surface area (Å²) < 4.78 is 21.4. The van der Waals surface area contributed by atoms with Crippen molar-refractivity contribution in [3.8, 4) is 0 Å². The van der Waals surface area contributed by atoms with E-state index in [0.29, 0.717) is 18.7 Å². The molecule has 0 radical (unpaired) electrons. The fraction of sp³-hybridized carbons (Fsp3) is 0.300. The number of nitrogens with one attached hydrogen (secondary N) is 1. The Labute approximate surface area is 165 Å². The molecule has 1 N–H and O–H groups in total. The Hall–Kier alpha value is -3.49. The molecule has 4 aromatic rings. The minimum Gasteiger partial charge on any atom is -0.432 e. The second kappa shape index (κ2) is 6.26. The highest BCUT2D eigenvalue weighted by Crippen LogP contribution is 2.34. The number of aromatic nitrogens is 5. The van der Waals surface area contributed by atoms with Crippen LogP contribution in [0.1, 0.15) is 53.4 Å². The van der Waals surface area contributed by atoms with Gasteiger partial charge in [0.1, 0.15) is 6.04 Å². The number of aromatic amines is 1. The number of oxazole rings is 1. The Morgan fingerprint density at radius 2 is 2.21 bits per heavy atom. The van der Waals surface area contributed by atoms with Gasteiger partial charge in [-0.3, -0.25) is 4.79 Å². The molecule has 1 atom stereocenters. The Bertz CT molecular complexity index is 1170. The van der Waals surface area contributed by atoms with Crippen molar-refractivity contribution in [3.05, 3.63) is 71.7 Å². The number of carbonyl (C=O) groups is 1. The number of rotatable bonds is 3. The van der Waals surface area contributed by atoms with Gasteiger partial charge in [-0.1, -0.05) is 6.07 Å². The highest BCUT2D eigenvalue weighted by Gasteiger charge is 2.38. The molecule has 29 heavy (non-hydrogen) atoms. The molecule has 0 aliphatic carbocycles. The summed E-state index contributed by atoms with van der Waals surface area (Å²) in [6.07, 6.45) is 5.38. The van der Waals surface area contributed by atoms with Gasteiger partial charge in [0, 0.05) is 24.9 Å². The van der Waals surface area contributed by atoms with Crippen molar-refractivity contribution in [2.24, 2.45) is 0 Å². The summed E-state index contributed by atoms with van der Waals surface area (Å²) in [4.78, 5) is 26.5. The highest BCUT2D eigenvalue weighted by atomic mass is 19.1. The molecule has 0 saturated heterocycles. The van der Waals surface area contributed by atoms with Crippen LogP contribution >= 0.6 is 0 Å². The van der Waals surface area contributed by atoms with E-state index >= 15 is 0 Å². The summed E-state index contributed by atoms with van der Waals surface area (Å²) in [6, 6.07) is 7.22. The van der Waals surface area contributed by atoms with Gasteiger partial charge in [0.15, 0.2) is 5.67 Å². The summed E-state index contributed by atoms with van der Waals surface area (Å²) in [5, 5.41) is 4.65. The van der Waals surface area contributed by atoms with Crippen LogP contribution in [-0.2, 0) is 12.1 Å². The molecule has 5 heterocycles. The van der Waals surface area contributed by atoms with Gasteiger partial charge in [-0.2, -0.15) is 5.10 Å². The predicted molar refractivity (Wildman–Crippen MR) is 101 cm³/mol. The van der Waals surface area contributed by atoms with Crippen molar-refractivity contribution < 1.29 is 13.6 Å². The number of fused-ring (bicyclic) bond motifs is 2. The third-order valence-corrected chi connectivity index (χ3v) is 5.08. The second-order valence-corrected chi connectivity index (χ2v) is 7.56. The van der Waals surface area contributed by atoms with Gasteiger partial charge in [0.2, 0.25) is 11.7 Å². The average Bonchev–Trinajstić information content (AvgIpc) is 3.44. The molecular formula is C20H19FN6O2. The first-order valence-corrected chi connectivity index (χ1v) is 9.34. The number of nitrogens with zero attached hydrogens (tertiary/aromatic N) is 5. The minimum absolute atomic E-state index is 0.00141. The molecule has 0 fully saturated rings. The van der Waals surface area contributed by atoms with E-state index in [-0.39, 0.29) is 17.6 Å². The molecule has 0 spiro atoms. The van der Waals surface area contributed by atoms with Crippen LogP contribution in [0.2, 0.25) is 0 Å². The zero-order valence-corrected chi connectivity index (χ0v) is 16.0. The van der Waals surface area contributed by atoms with Crippen molar-refractivity contribution in [2.75, 3.05) is 6.54 Å². The largest absolute Gasteiger partial charge is 0.432 e. The number of hydrogen-bond donors (Lipinski definition) is 1. The molecule has 1 aliphatic rings. The van der Waals surface area contributed by atoms with Crippen molar-refractivity contribution in [1.82, 2.24) is 29.5 Å². The first-order chi connectivity index (χ1) is 13.9. The molecule has 9 heteroatoms. The number of hydrogen-bond acceptors (Lipinski definition) is 5. The number of H-pyrrole nitrogens is 1. The third-order valence-electron chi connectivity index (χ3n) is 5.08. The lowest BCUT2D eigenvalue weighted by Crippen LogP contribution is -2.40. The van der Waals surface area contributed by atoms with Crippen LogP contribution in [0.25, 0.3) is 5.52 Å². The molecule has 4 aromatic heterocycles. The van der Waals surface area contributed by atoms with Crippen LogP contribution in [-0.4, -0.2) is 41.9 Å². The number of halogens is 1.